The fourth-order valence-corrected chi connectivity index (χ4v) is 4.93. The molecule has 0 radical (unpaired) electrons. The molecular weight excluding hydrogens is 465 g/mol. The van der Waals surface area contributed by atoms with Gasteiger partial charge in [0, 0.05) is 0 Å². The van der Waals surface area contributed by atoms with Gasteiger partial charge in [-0.25, -0.2) is 0 Å². The van der Waals surface area contributed by atoms with Crippen LogP contribution in [-0.2, 0) is 36.5 Å². The van der Waals surface area contributed by atoms with Crippen LogP contribution in [0, 0.1) is 15.4 Å². The third-order valence-corrected chi connectivity index (χ3v) is 6.76. The van der Waals surface area contributed by atoms with E-state index in [0.717, 1.165) is 24.8 Å². The Balaban J connectivity index is 1.75. The molecule has 3 rings (SSSR count). The molecule has 20 heavy (non-hydrogen) atoms. The molecule has 100 valence electrons. The van der Waals surface area contributed by atoms with Crippen LogP contribution < -0.4 is 5.32 Å². The van der Waals surface area contributed by atoms with Crippen molar-refractivity contribution in [3.8, 4) is 0 Å². The summed E-state index contributed by atoms with van der Waals surface area (Å²) in [6, 6.07) is 5.91. The number of fused-ring (bicyclic) bond motifs is 1. The molecule has 0 saturated carbocycles. The maximum absolute atomic E-state index is 12.5. The van der Waals surface area contributed by atoms with E-state index >= 15 is 0 Å². The molecule has 3 nitrogen and oxygen atoms in total. The zero-order valence-corrected chi connectivity index (χ0v) is 17.3. The van der Waals surface area contributed by atoms with Crippen LogP contribution in [0.25, 0.3) is 0 Å². The van der Waals surface area contributed by atoms with Crippen molar-refractivity contribution in [2.75, 3.05) is 0 Å². The summed E-state index contributed by atoms with van der Waals surface area (Å²) in [6.07, 6.45) is 3.42. The standard InChI is InChI=1S/C15H14INO2.Cd/c16-13-5-1-4-11-12(13)8-10(14(11)18)7-9-3-2-6-17-15(9)19;/h1,4-5,9-10H,2-3,7-8H2,(H,17,19);/t9?,10-;/m1./s1. The molecule has 0 bridgehead atoms. The Kier molecular flexibility index (Phi) is 4.40. The van der Waals surface area contributed by atoms with Gasteiger partial charge in [-0.15, -0.1) is 0 Å². The van der Waals surface area contributed by atoms with Gasteiger partial charge in [0.2, 0.25) is 0 Å². The monoisotopic (exact) mass is 481 g/mol. The van der Waals surface area contributed by atoms with Gasteiger partial charge in [-0.05, 0) is 0 Å². The first-order chi connectivity index (χ1) is 9.56. The van der Waals surface area contributed by atoms with Gasteiger partial charge in [0.25, 0.3) is 0 Å². The number of piperidine rings is 1. The molecule has 1 aliphatic carbocycles. The van der Waals surface area contributed by atoms with Crippen LogP contribution >= 0.6 is 22.6 Å². The quantitative estimate of drug-likeness (QED) is 0.523. The zero-order valence-electron chi connectivity index (χ0n) is 11.1. The average molecular weight is 480 g/mol. The molecule has 2 aliphatic rings. The van der Waals surface area contributed by atoms with Crippen LogP contribution in [0.3, 0.4) is 0 Å². The van der Waals surface area contributed by atoms with E-state index in [1.807, 2.05) is 18.2 Å². The van der Waals surface area contributed by atoms with Crippen molar-refractivity contribution in [1.29, 1.82) is 0 Å². The predicted molar refractivity (Wildman–Crippen MR) is 81.2 cm³/mol. The number of hydrogen-bond donors (Lipinski definition) is 1. The van der Waals surface area contributed by atoms with Crippen LogP contribution in [-0.4, -0.2) is 14.9 Å². The number of rotatable bonds is 2. The molecule has 0 spiro atoms. The fraction of sp³-hybridized carbons (Fsp3) is 0.400. The van der Waals surface area contributed by atoms with Gasteiger partial charge in [0.15, 0.2) is 0 Å². The molecule has 1 heterocycles. The van der Waals surface area contributed by atoms with Crippen molar-refractivity contribution in [3.05, 3.63) is 32.9 Å². The molecule has 1 unspecified atom stereocenters. The molecular formula is C15H14CdINO2. The molecule has 1 amide bonds. The molecule has 1 saturated heterocycles. The zero-order chi connectivity index (χ0) is 14.3. The topological polar surface area (TPSA) is 46.2 Å². The summed E-state index contributed by atoms with van der Waals surface area (Å²) in [5, 5.41) is 2.99. The first kappa shape index (κ1) is 14.8. The van der Waals surface area contributed by atoms with Crippen LogP contribution in [0.15, 0.2) is 18.2 Å². The van der Waals surface area contributed by atoms with Gasteiger partial charge in [-0.3, -0.25) is 0 Å². The molecule has 0 aromatic heterocycles. The summed E-state index contributed by atoms with van der Waals surface area (Å²) in [5.74, 6) is 0.372. The van der Waals surface area contributed by atoms with Crippen molar-refractivity contribution in [1.82, 2.24) is 5.32 Å². The minimum atomic E-state index is -0.00457. The Bertz CT molecular complexity index is 614. The molecule has 1 aliphatic heterocycles. The summed E-state index contributed by atoms with van der Waals surface area (Å²) >= 11 is 3.00. The normalized spacial score (nSPS) is 25.6. The van der Waals surface area contributed by atoms with Crippen molar-refractivity contribution < 1.29 is 34.9 Å². The first-order valence-corrected chi connectivity index (χ1v) is 9.96. The van der Waals surface area contributed by atoms with E-state index < -0.39 is 0 Å². The number of ketones is 1. The van der Waals surface area contributed by atoms with Crippen LogP contribution in [0.2, 0.25) is 0 Å². The third kappa shape index (κ3) is 2.77. The molecule has 1 N–H and O–H groups in total. The predicted octanol–water partition coefficient (Wildman–Crippen LogP) is 2.24. The van der Waals surface area contributed by atoms with Crippen LogP contribution in [0.1, 0.15) is 35.2 Å². The Labute approximate surface area is 147 Å². The van der Waals surface area contributed by atoms with Gasteiger partial charge in [0.1, 0.15) is 0 Å². The molecule has 5 heteroatoms. The Morgan fingerprint density at radius 2 is 2.10 bits per heavy atom. The number of Topliss-reactive ketones (excluding diaryl/α,β-unsaturated/α-hetero) is 1. The van der Waals surface area contributed by atoms with Crippen molar-refractivity contribution in [2.24, 2.45) is 11.8 Å². The number of hydrogen-bond acceptors (Lipinski definition) is 2. The minimum absolute atomic E-state index is 0.00457. The van der Waals surface area contributed by atoms with Crippen molar-refractivity contribution >= 4 is 37.5 Å². The van der Waals surface area contributed by atoms with Gasteiger partial charge in [-0.2, -0.15) is 0 Å². The molecule has 1 aromatic carbocycles. The SMILES string of the molecule is O=C1N[C](=[Cd])CCC1C[C@@H]1Cc2c(I)cccc2C1=O. The average Bonchev–Trinajstić information content (AvgIpc) is 2.72. The van der Waals surface area contributed by atoms with Crippen molar-refractivity contribution in [3.63, 3.8) is 0 Å². The Morgan fingerprint density at radius 3 is 2.80 bits per heavy atom. The van der Waals surface area contributed by atoms with Gasteiger partial charge < -0.3 is 0 Å². The number of carbonyl (C=O) groups excluding carboxylic acids is 2. The third-order valence-electron chi connectivity index (χ3n) is 4.24. The Morgan fingerprint density at radius 1 is 1.30 bits per heavy atom. The number of amides is 1. The van der Waals surface area contributed by atoms with Crippen LogP contribution in [0.4, 0.5) is 0 Å². The maximum atomic E-state index is 12.5. The summed E-state index contributed by atoms with van der Waals surface area (Å²) in [6.45, 7) is 0. The summed E-state index contributed by atoms with van der Waals surface area (Å²) in [7, 11) is 0. The van der Waals surface area contributed by atoms with E-state index in [1.54, 1.807) is 0 Å². The molecule has 1 fully saturated rings. The summed E-state index contributed by atoms with van der Waals surface area (Å²) in [4.78, 5) is 24.5. The second kappa shape index (κ2) is 5.94. The van der Waals surface area contributed by atoms with E-state index in [4.69, 9.17) is 0 Å². The summed E-state index contributed by atoms with van der Waals surface area (Å²) < 4.78 is 2.38. The number of nitrogens with one attached hydrogen (secondary N) is 1. The van der Waals surface area contributed by atoms with E-state index in [9.17, 15) is 9.59 Å². The van der Waals surface area contributed by atoms with E-state index in [1.165, 1.54) is 12.3 Å². The van der Waals surface area contributed by atoms with Gasteiger partial charge in [0.05, 0.1) is 0 Å². The van der Waals surface area contributed by atoms with E-state index in [-0.39, 0.29) is 23.5 Å². The second-order valence-corrected chi connectivity index (χ2v) is 9.19. The first-order valence-electron chi connectivity index (χ1n) is 6.86. The van der Waals surface area contributed by atoms with Crippen LogP contribution in [0.5, 0.6) is 0 Å². The van der Waals surface area contributed by atoms with Gasteiger partial charge >= 0.3 is 148 Å². The van der Waals surface area contributed by atoms with E-state index in [0.29, 0.717) is 31.7 Å². The molecule has 1 aromatic rings. The fourth-order valence-electron chi connectivity index (χ4n) is 3.13. The number of carbonyl (C=O) groups is 2. The van der Waals surface area contributed by atoms with Crippen molar-refractivity contribution in [2.45, 2.75) is 25.7 Å². The summed E-state index contributed by atoms with van der Waals surface area (Å²) in [5.41, 5.74) is 2.05. The number of benzene rings is 1. The molecule has 2 atom stereocenters. The van der Waals surface area contributed by atoms with Gasteiger partial charge in [-0.1, -0.05) is 0 Å². The van der Waals surface area contributed by atoms with E-state index in [2.05, 4.69) is 27.9 Å². The second-order valence-electron chi connectivity index (χ2n) is 5.60. The number of halogens is 1. The Hall–Kier alpha value is -0.118.